The maximum Gasteiger partial charge on any atom is 0.416 e. The first-order valence-corrected chi connectivity index (χ1v) is 4.61. The summed E-state index contributed by atoms with van der Waals surface area (Å²) in [5, 5.41) is 17.7. The molecule has 7 heteroatoms. The highest BCUT2D eigenvalue weighted by Gasteiger charge is 2.32. The molecule has 0 aliphatic carbocycles. The molecule has 0 aromatic heterocycles. The van der Waals surface area contributed by atoms with E-state index >= 15 is 0 Å². The second-order valence-corrected chi connectivity index (χ2v) is 3.64. The van der Waals surface area contributed by atoms with Gasteiger partial charge in [0.25, 0.3) is 0 Å². The number of hydrogen-bond acceptors (Lipinski definition) is 3. The van der Waals surface area contributed by atoms with Gasteiger partial charge in [0.05, 0.1) is 12.1 Å². The second kappa shape index (κ2) is 4.38. The number of aromatic hydroxyl groups is 1. The molecule has 1 aromatic carbocycles. The number of halogens is 4. The molecule has 1 aromatic rings. The van der Waals surface area contributed by atoms with Gasteiger partial charge in [-0.05, 0) is 12.1 Å². The molecule has 3 N–H and O–H groups in total. The molecule has 0 atom stereocenters. The Morgan fingerprint density at radius 3 is 2.33 bits per heavy atom. The number of nitrogens with one attached hydrogen (secondary N) is 1. The van der Waals surface area contributed by atoms with E-state index < -0.39 is 17.5 Å². The van der Waals surface area contributed by atoms with Crippen LogP contribution in [0, 0.1) is 0 Å². The summed E-state index contributed by atoms with van der Waals surface area (Å²) >= 11 is 2.88. The quantitative estimate of drug-likeness (QED) is 0.733. The summed E-state index contributed by atoms with van der Waals surface area (Å²) in [5.74, 6) is -0.529. The third kappa shape index (κ3) is 2.83. The summed E-state index contributed by atoms with van der Waals surface area (Å²) in [6, 6.07) is 1.45. The molecule has 0 bridgehead atoms. The van der Waals surface area contributed by atoms with Crippen LogP contribution in [0.3, 0.4) is 0 Å². The molecule has 1 rings (SSSR count). The summed E-state index contributed by atoms with van der Waals surface area (Å²) in [6.07, 6.45) is -4.51. The first kappa shape index (κ1) is 12.3. The van der Waals surface area contributed by atoms with Crippen molar-refractivity contribution in [2.45, 2.75) is 12.7 Å². The smallest absolute Gasteiger partial charge is 0.416 e. The number of phenolic OH excluding ortho intramolecular Hbond substituents is 1. The van der Waals surface area contributed by atoms with Crippen LogP contribution in [-0.2, 0) is 12.7 Å². The van der Waals surface area contributed by atoms with Gasteiger partial charge in [-0.1, -0.05) is 15.9 Å². The Morgan fingerprint density at radius 2 is 1.93 bits per heavy atom. The normalized spacial score (nSPS) is 11.8. The van der Waals surface area contributed by atoms with Gasteiger partial charge in [0.15, 0.2) is 0 Å². The topological polar surface area (TPSA) is 52.5 Å². The Morgan fingerprint density at radius 1 is 1.33 bits per heavy atom. The van der Waals surface area contributed by atoms with Crippen molar-refractivity contribution in [1.82, 2.24) is 5.48 Å². The Balaban J connectivity index is 3.19. The van der Waals surface area contributed by atoms with Crippen molar-refractivity contribution in [3.8, 4) is 5.75 Å². The second-order valence-electron chi connectivity index (χ2n) is 2.79. The first-order valence-electron chi connectivity index (χ1n) is 3.81. The van der Waals surface area contributed by atoms with Crippen molar-refractivity contribution in [2.75, 3.05) is 0 Å². The number of phenols is 1. The largest absolute Gasteiger partial charge is 0.508 e. The molecule has 0 heterocycles. The molecule has 0 radical (unpaired) electrons. The van der Waals surface area contributed by atoms with Crippen molar-refractivity contribution >= 4 is 15.9 Å². The molecule has 0 saturated heterocycles. The van der Waals surface area contributed by atoms with E-state index in [1.165, 1.54) is 0 Å². The van der Waals surface area contributed by atoms with Gasteiger partial charge in [-0.25, -0.2) is 5.48 Å². The first-order chi connectivity index (χ1) is 6.86. The molecule has 0 fully saturated rings. The highest BCUT2D eigenvalue weighted by Crippen LogP contribution is 2.36. The predicted octanol–water partition coefficient (Wildman–Crippen LogP) is 2.65. The zero-order chi connectivity index (χ0) is 11.6. The molecule has 0 aliphatic heterocycles. The Labute approximate surface area is 91.6 Å². The van der Waals surface area contributed by atoms with Crippen LogP contribution in [-0.4, -0.2) is 10.3 Å². The lowest BCUT2D eigenvalue weighted by atomic mass is 10.1. The van der Waals surface area contributed by atoms with Gasteiger partial charge in [-0.2, -0.15) is 13.2 Å². The average molecular weight is 286 g/mol. The number of alkyl halides is 3. The van der Waals surface area contributed by atoms with Gasteiger partial charge in [0, 0.05) is 10.0 Å². The van der Waals surface area contributed by atoms with Gasteiger partial charge < -0.3 is 10.3 Å². The van der Waals surface area contributed by atoms with E-state index in [-0.39, 0.29) is 16.6 Å². The fourth-order valence-corrected chi connectivity index (χ4v) is 1.63. The zero-order valence-corrected chi connectivity index (χ0v) is 8.85. The standard InChI is InChI=1S/C8H7BrF3NO2/c9-6-1-4(8(10,11)12)2-7(14)5(6)3-13-15/h1-2,13-15H,3H2. The van der Waals surface area contributed by atoms with Crippen LogP contribution >= 0.6 is 15.9 Å². The van der Waals surface area contributed by atoms with Gasteiger partial charge in [-0.3, -0.25) is 0 Å². The summed E-state index contributed by atoms with van der Waals surface area (Å²) in [7, 11) is 0. The molecule has 84 valence electrons. The van der Waals surface area contributed by atoms with Crippen LogP contribution in [0.1, 0.15) is 11.1 Å². The van der Waals surface area contributed by atoms with E-state index in [1.54, 1.807) is 5.48 Å². The van der Waals surface area contributed by atoms with E-state index in [4.69, 9.17) is 5.21 Å². The Hall–Kier alpha value is -0.790. The average Bonchev–Trinajstić information content (AvgIpc) is 2.09. The van der Waals surface area contributed by atoms with E-state index in [0.29, 0.717) is 6.07 Å². The van der Waals surface area contributed by atoms with Crippen molar-refractivity contribution in [3.63, 3.8) is 0 Å². The maximum absolute atomic E-state index is 12.3. The molecular weight excluding hydrogens is 279 g/mol. The summed E-state index contributed by atoms with van der Waals surface area (Å²) in [5.41, 5.74) is 0.960. The van der Waals surface area contributed by atoms with Crippen molar-refractivity contribution in [3.05, 3.63) is 27.7 Å². The molecule has 0 saturated carbocycles. The fraction of sp³-hybridized carbons (Fsp3) is 0.250. The van der Waals surface area contributed by atoms with E-state index in [0.717, 1.165) is 6.07 Å². The molecule has 0 spiro atoms. The predicted molar refractivity (Wildman–Crippen MR) is 49.4 cm³/mol. The van der Waals surface area contributed by atoms with Crippen LogP contribution in [0.25, 0.3) is 0 Å². The van der Waals surface area contributed by atoms with Crippen LogP contribution in [0.5, 0.6) is 5.75 Å². The van der Waals surface area contributed by atoms with Gasteiger partial charge in [0.2, 0.25) is 0 Å². The highest BCUT2D eigenvalue weighted by atomic mass is 79.9. The molecule has 0 amide bonds. The summed E-state index contributed by atoms with van der Waals surface area (Å²) < 4.78 is 36.9. The van der Waals surface area contributed by atoms with Crippen LogP contribution < -0.4 is 5.48 Å². The monoisotopic (exact) mass is 285 g/mol. The Kier molecular flexibility index (Phi) is 3.58. The lowest BCUT2D eigenvalue weighted by molar-refractivity contribution is -0.137. The summed E-state index contributed by atoms with van der Waals surface area (Å²) in [6.45, 7) is -0.148. The lowest BCUT2D eigenvalue weighted by Gasteiger charge is -2.11. The third-order valence-corrected chi connectivity index (χ3v) is 2.46. The van der Waals surface area contributed by atoms with E-state index in [1.807, 2.05) is 0 Å². The molecule has 3 nitrogen and oxygen atoms in total. The van der Waals surface area contributed by atoms with E-state index in [9.17, 15) is 18.3 Å². The minimum atomic E-state index is -4.51. The van der Waals surface area contributed by atoms with Crippen LogP contribution in [0.15, 0.2) is 16.6 Å². The Bertz CT molecular complexity index is 344. The zero-order valence-electron chi connectivity index (χ0n) is 7.27. The number of rotatable bonds is 2. The molecule has 15 heavy (non-hydrogen) atoms. The van der Waals surface area contributed by atoms with E-state index in [2.05, 4.69) is 15.9 Å². The SMILES string of the molecule is ONCc1c(O)cc(C(F)(F)F)cc1Br. The molecule has 0 aliphatic rings. The summed E-state index contributed by atoms with van der Waals surface area (Å²) in [4.78, 5) is 0. The number of hydroxylamine groups is 1. The van der Waals surface area contributed by atoms with Crippen LogP contribution in [0.4, 0.5) is 13.2 Å². The minimum Gasteiger partial charge on any atom is -0.508 e. The van der Waals surface area contributed by atoms with Crippen molar-refractivity contribution in [1.29, 1.82) is 0 Å². The number of hydrogen-bond donors (Lipinski definition) is 3. The van der Waals surface area contributed by atoms with Crippen molar-refractivity contribution in [2.24, 2.45) is 0 Å². The molecular formula is C8H7BrF3NO2. The van der Waals surface area contributed by atoms with Gasteiger partial charge in [0.1, 0.15) is 5.75 Å². The fourth-order valence-electron chi connectivity index (χ4n) is 1.04. The maximum atomic E-state index is 12.3. The minimum absolute atomic E-state index is 0.0800. The highest BCUT2D eigenvalue weighted by molar-refractivity contribution is 9.10. The van der Waals surface area contributed by atoms with Gasteiger partial charge in [-0.15, -0.1) is 0 Å². The third-order valence-electron chi connectivity index (χ3n) is 1.76. The van der Waals surface area contributed by atoms with Crippen LogP contribution in [0.2, 0.25) is 0 Å². The molecule has 0 unspecified atom stereocenters. The lowest BCUT2D eigenvalue weighted by Crippen LogP contribution is -2.09. The number of benzene rings is 1. The van der Waals surface area contributed by atoms with Crippen molar-refractivity contribution < 1.29 is 23.5 Å². The van der Waals surface area contributed by atoms with Gasteiger partial charge >= 0.3 is 6.18 Å².